The standard InChI is InChI=1S/C20H21NOS/c1-2-3-8-14-9-7-12-16(13-14)17-18(22)19(23-20(17)21)15-10-5-4-6-11-15/h4-7,9-13,19H,2-3,8,21H2,1H3. The highest BCUT2D eigenvalue weighted by atomic mass is 32.2. The van der Waals surface area contributed by atoms with E-state index in [4.69, 9.17) is 5.73 Å². The van der Waals surface area contributed by atoms with Crippen molar-refractivity contribution >= 4 is 23.1 Å². The van der Waals surface area contributed by atoms with Gasteiger partial charge in [-0.3, -0.25) is 4.79 Å². The van der Waals surface area contributed by atoms with Crippen molar-refractivity contribution in [2.45, 2.75) is 31.4 Å². The number of hydrogen-bond donors (Lipinski definition) is 1. The van der Waals surface area contributed by atoms with Gasteiger partial charge in [-0.25, -0.2) is 0 Å². The van der Waals surface area contributed by atoms with Crippen molar-refractivity contribution in [3.63, 3.8) is 0 Å². The molecule has 1 aliphatic heterocycles. The topological polar surface area (TPSA) is 43.1 Å². The first-order valence-electron chi connectivity index (χ1n) is 8.05. The number of benzene rings is 2. The molecule has 0 saturated heterocycles. The van der Waals surface area contributed by atoms with Gasteiger partial charge in [0.25, 0.3) is 0 Å². The van der Waals surface area contributed by atoms with E-state index in [2.05, 4.69) is 19.1 Å². The van der Waals surface area contributed by atoms with Crippen molar-refractivity contribution in [3.05, 3.63) is 76.3 Å². The van der Waals surface area contributed by atoms with Gasteiger partial charge in [0.05, 0.1) is 15.9 Å². The quantitative estimate of drug-likeness (QED) is 0.866. The first-order chi connectivity index (χ1) is 11.2. The number of unbranched alkanes of at least 4 members (excludes halogenated alkanes) is 1. The van der Waals surface area contributed by atoms with Crippen LogP contribution < -0.4 is 5.73 Å². The van der Waals surface area contributed by atoms with Crippen LogP contribution in [0, 0.1) is 0 Å². The van der Waals surface area contributed by atoms with Crippen LogP contribution in [-0.4, -0.2) is 5.78 Å². The van der Waals surface area contributed by atoms with E-state index in [9.17, 15) is 4.79 Å². The number of carbonyl (C=O) groups is 1. The van der Waals surface area contributed by atoms with Crippen molar-refractivity contribution in [2.24, 2.45) is 5.73 Å². The molecule has 1 unspecified atom stereocenters. The number of rotatable bonds is 5. The molecule has 1 heterocycles. The van der Waals surface area contributed by atoms with E-state index in [1.165, 1.54) is 23.7 Å². The predicted octanol–water partition coefficient (Wildman–Crippen LogP) is 4.71. The number of nitrogens with two attached hydrogens (primary N) is 1. The molecule has 1 aliphatic rings. The Morgan fingerprint density at radius 3 is 2.61 bits per heavy atom. The van der Waals surface area contributed by atoms with Gasteiger partial charge >= 0.3 is 0 Å². The van der Waals surface area contributed by atoms with Crippen molar-refractivity contribution in [3.8, 4) is 0 Å². The van der Waals surface area contributed by atoms with Gasteiger partial charge in [-0.2, -0.15) is 0 Å². The molecule has 23 heavy (non-hydrogen) atoms. The van der Waals surface area contributed by atoms with E-state index >= 15 is 0 Å². The molecular weight excluding hydrogens is 302 g/mol. The molecule has 1 atom stereocenters. The summed E-state index contributed by atoms with van der Waals surface area (Å²) in [6, 6.07) is 18.1. The normalized spacial score (nSPS) is 17.8. The number of carbonyl (C=O) groups excluding carboxylic acids is 1. The van der Waals surface area contributed by atoms with Crippen LogP contribution in [0.5, 0.6) is 0 Å². The van der Waals surface area contributed by atoms with E-state index in [1.54, 1.807) is 0 Å². The summed E-state index contributed by atoms with van der Waals surface area (Å²) in [4.78, 5) is 12.9. The summed E-state index contributed by atoms with van der Waals surface area (Å²) in [5.74, 6) is 0.117. The Morgan fingerprint density at radius 2 is 1.87 bits per heavy atom. The zero-order chi connectivity index (χ0) is 16.2. The highest BCUT2D eigenvalue weighted by molar-refractivity contribution is 8.04. The highest BCUT2D eigenvalue weighted by Gasteiger charge is 2.34. The third-order valence-corrected chi connectivity index (χ3v) is 5.29. The third kappa shape index (κ3) is 3.35. The molecule has 0 amide bonds. The molecule has 3 rings (SSSR count). The van der Waals surface area contributed by atoms with Crippen molar-refractivity contribution < 1.29 is 4.79 Å². The minimum Gasteiger partial charge on any atom is -0.393 e. The Bertz CT molecular complexity index is 736. The molecule has 0 spiro atoms. The molecule has 0 aromatic heterocycles. The lowest BCUT2D eigenvalue weighted by atomic mass is 9.95. The number of allylic oxidation sites excluding steroid dienone is 1. The second kappa shape index (κ2) is 7.05. The van der Waals surface area contributed by atoms with E-state index in [0.717, 1.165) is 24.0 Å². The Morgan fingerprint density at radius 1 is 1.09 bits per heavy atom. The zero-order valence-electron chi connectivity index (χ0n) is 13.3. The van der Waals surface area contributed by atoms with Crippen LogP contribution in [0.1, 0.15) is 41.7 Å². The fourth-order valence-corrected chi connectivity index (χ4v) is 4.00. The van der Waals surface area contributed by atoms with Crippen LogP contribution in [0.4, 0.5) is 0 Å². The maximum atomic E-state index is 12.9. The molecule has 2 aromatic carbocycles. The van der Waals surface area contributed by atoms with Gasteiger partial charge in [-0.1, -0.05) is 79.7 Å². The molecule has 0 saturated carbocycles. The summed E-state index contributed by atoms with van der Waals surface area (Å²) in [6.07, 6.45) is 3.37. The summed E-state index contributed by atoms with van der Waals surface area (Å²) < 4.78 is 0. The summed E-state index contributed by atoms with van der Waals surface area (Å²) in [6.45, 7) is 2.19. The van der Waals surface area contributed by atoms with Gasteiger partial charge in [0.1, 0.15) is 0 Å². The Kier molecular flexibility index (Phi) is 4.87. The summed E-state index contributed by atoms with van der Waals surface area (Å²) in [5, 5.41) is 0.419. The van der Waals surface area contributed by atoms with Gasteiger partial charge in [-0.05, 0) is 29.5 Å². The molecule has 0 bridgehead atoms. The molecular formula is C20H21NOS. The second-order valence-electron chi connectivity index (χ2n) is 5.82. The maximum Gasteiger partial charge on any atom is 0.183 e. The largest absolute Gasteiger partial charge is 0.393 e. The molecule has 0 radical (unpaired) electrons. The van der Waals surface area contributed by atoms with Gasteiger partial charge in [0, 0.05) is 0 Å². The van der Waals surface area contributed by atoms with Gasteiger partial charge in [0.2, 0.25) is 0 Å². The monoisotopic (exact) mass is 323 g/mol. The lowest BCUT2D eigenvalue weighted by molar-refractivity contribution is -0.113. The van der Waals surface area contributed by atoms with Gasteiger partial charge in [0.15, 0.2) is 5.78 Å². The van der Waals surface area contributed by atoms with E-state index < -0.39 is 0 Å². The predicted molar refractivity (Wildman–Crippen MR) is 97.9 cm³/mol. The summed E-state index contributed by atoms with van der Waals surface area (Å²) in [7, 11) is 0. The van der Waals surface area contributed by atoms with Gasteiger partial charge < -0.3 is 5.73 Å². The lowest BCUT2D eigenvalue weighted by Gasteiger charge is -2.09. The Labute approximate surface area is 141 Å². The number of aryl methyl sites for hydroxylation is 1. The highest BCUT2D eigenvalue weighted by Crippen LogP contribution is 2.46. The first kappa shape index (κ1) is 15.9. The molecule has 0 fully saturated rings. The lowest BCUT2D eigenvalue weighted by Crippen LogP contribution is -2.07. The Balaban J connectivity index is 1.88. The second-order valence-corrected chi connectivity index (χ2v) is 6.96. The van der Waals surface area contributed by atoms with Crippen LogP contribution in [0.25, 0.3) is 5.57 Å². The smallest absolute Gasteiger partial charge is 0.183 e. The minimum atomic E-state index is -0.217. The molecule has 3 heteroatoms. The van der Waals surface area contributed by atoms with Crippen LogP contribution in [0.15, 0.2) is 59.6 Å². The van der Waals surface area contributed by atoms with Crippen LogP contribution in [-0.2, 0) is 11.2 Å². The maximum absolute atomic E-state index is 12.9. The number of ketones is 1. The minimum absolute atomic E-state index is 0.117. The number of thioether (sulfide) groups is 1. The summed E-state index contributed by atoms with van der Waals surface area (Å²) >= 11 is 1.46. The van der Waals surface area contributed by atoms with Gasteiger partial charge in [-0.15, -0.1) is 0 Å². The van der Waals surface area contributed by atoms with Crippen LogP contribution in [0.3, 0.4) is 0 Å². The fraction of sp³-hybridized carbons (Fsp3) is 0.250. The number of hydrogen-bond acceptors (Lipinski definition) is 3. The van der Waals surface area contributed by atoms with E-state index in [-0.39, 0.29) is 11.0 Å². The van der Waals surface area contributed by atoms with Crippen molar-refractivity contribution in [2.75, 3.05) is 0 Å². The number of Topliss-reactive ketones (excluding diaryl/α,β-unsaturated/α-hetero) is 1. The average molecular weight is 323 g/mol. The fourth-order valence-electron chi connectivity index (χ4n) is 2.89. The van der Waals surface area contributed by atoms with E-state index in [0.29, 0.717) is 10.6 Å². The third-order valence-electron chi connectivity index (χ3n) is 4.11. The molecule has 0 aliphatic carbocycles. The Hall–Kier alpha value is -2.00. The molecule has 118 valence electrons. The van der Waals surface area contributed by atoms with Crippen molar-refractivity contribution in [1.82, 2.24) is 0 Å². The van der Waals surface area contributed by atoms with E-state index in [1.807, 2.05) is 42.5 Å². The zero-order valence-corrected chi connectivity index (χ0v) is 14.1. The summed E-state index contributed by atoms with van der Waals surface area (Å²) in [5.41, 5.74) is 10.1. The van der Waals surface area contributed by atoms with Crippen molar-refractivity contribution in [1.29, 1.82) is 0 Å². The van der Waals surface area contributed by atoms with Crippen LogP contribution >= 0.6 is 11.8 Å². The molecule has 2 nitrogen and oxygen atoms in total. The molecule has 2 aromatic rings. The first-order valence-corrected chi connectivity index (χ1v) is 8.93. The molecule has 2 N–H and O–H groups in total. The SMILES string of the molecule is CCCCc1cccc(C2=C(N)SC(c3ccccc3)C2=O)c1. The average Bonchev–Trinajstić information content (AvgIpc) is 2.88. The van der Waals surface area contributed by atoms with Crippen LogP contribution in [0.2, 0.25) is 0 Å².